The molecule has 124 valence electrons. The SMILES string of the molecule is C[C@H](Oc1cccc(Br)c1)C(=O)NNC(=O)CN1CCCC1=O. The van der Waals surface area contributed by atoms with Crippen LogP contribution in [0.5, 0.6) is 5.75 Å². The van der Waals surface area contributed by atoms with Crippen LogP contribution in [0.4, 0.5) is 0 Å². The molecule has 0 spiro atoms. The average molecular weight is 384 g/mol. The quantitative estimate of drug-likeness (QED) is 0.742. The number of benzene rings is 1. The number of nitrogens with zero attached hydrogens (tertiary/aromatic N) is 1. The molecule has 1 aromatic rings. The van der Waals surface area contributed by atoms with Crippen LogP contribution >= 0.6 is 15.9 Å². The number of carbonyl (C=O) groups excluding carboxylic acids is 3. The summed E-state index contributed by atoms with van der Waals surface area (Å²) in [6.45, 7) is 2.09. The largest absolute Gasteiger partial charge is 0.481 e. The topological polar surface area (TPSA) is 87.7 Å². The minimum absolute atomic E-state index is 0.0437. The number of hydrogen-bond donors (Lipinski definition) is 2. The van der Waals surface area contributed by atoms with Crippen molar-refractivity contribution in [2.24, 2.45) is 0 Å². The van der Waals surface area contributed by atoms with Gasteiger partial charge in [-0.1, -0.05) is 22.0 Å². The van der Waals surface area contributed by atoms with Crippen LogP contribution in [-0.4, -0.2) is 41.8 Å². The van der Waals surface area contributed by atoms with Crippen molar-refractivity contribution in [3.8, 4) is 5.75 Å². The van der Waals surface area contributed by atoms with Crippen LogP contribution in [0.2, 0.25) is 0 Å². The normalized spacial score (nSPS) is 15.2. The van der Waals surface area contributed by atoms with Crippen LogP contribution in [0.25, 0.3) is 0 Å². The summed E-state index contributed by atoms with van der Waals surface area (Å²) >= 11 is 3.32. The zero-order valence-corrected chi connectivity index (χ0v) is 14.3. The van der Waals surface area contributed by atoms with Crippen molar-refractivity contribution in [1.82, 2.24) is 15.8 Å². The van der Waals surface area contributed by atoms with E-state index < -0.39 is 17.9 Å². The van der Waals surface area contributed by atoms with E-state index in [0.29, 0.717) is 18.7 Å². The molecule has 1 saturated heterocycles. The molecule has 0 aromatic heterocycles. The van der Waals surface area contributed by atoms with Crippen LogP contribution < -0.4 is 15.6 Å². The summed E-state index contributed by atoms with van der Waals surface area (Å²) in [6.07, 6.45) is 0.450. The molecule has 0 bridgehead atoms. The Kier molecular flexibility index (Phi) is 5.97. The summed E-state index contributed by atoms with van der Waals surface area (Å²) in [4.78, 5) is 36.5. The Morgan fingerprint density at radius 2 is 2.17 bits per heavy atom. The van der Waals surface area contributed by atoms with Gasteiger partial charge >= 0.3 is 0 Å². The van der Waals surface area contributed by atoms with Gasteiger partial charge in [-0.05, 0) is 31.5 Å². The predicted molar refractivity (Wildman–Crippen MR) is 86.3 cm³/mol. The summed E-state index contributed by atoms with van der Waals surface area (Å²) in [5.41, 5.74) is 4.58. The van der Waals surface area contributed by atoms with E-state index in [-0.39, 0.29) is 12.5 Å². The van der Waals surface area contributed by atoms with Gasteiger partial charge < -0.3 is 9.64 Å². The first-order valence-corrected chi connectivity index (χ1v) is 8.03. The first-order valence-electron chi connectivity index (χ1n) is 7.24. The molecule has 0 aliphatic carbocycles. The van der Waals surface area contributed by atoms with Crippen molar-refractivity contribution in [2.45, 2.75) is 25.9 Å². The molecule has 7 nitrogen and oxygen atoms in total. The molecule has 1 heterocycles. The van der Waals surface area contributed by atoms with Crippen molar-refractivity contribution < 1.29 is 19.1 Å². The third-order valence-electron chi connectivity index (χ3n) is 3.31. The molecule has 1 aromatic carbocycles. The van der Waals surface area contributed by atoms with Gasteiger partial charge in [0.15, 0.2) is 6.10 Å². The van der Waals surface area contributed by atoms with Gasteiger partial charge in [-0.25, -0.2) is 0 Å². The van der Waals surface area contributed by atoms with E-state index in [1.54, 1.807) is 25.1 Å². The molecule has 1 aliphatic heterocycles. The third kappa shape index (κ3) is 5.24. The molecule has 1 aliphatic rings. The van der Waals surface area contributed by atoms with Crippen molar-refractivity contribution in [2.75, 3.05) is 13.1 Å². The van der Waals surface area contributed by atoms with Crippen molar-refractivity contribution in [3.05, 3.63) is 28.7 Å². The lowest BCUT2D eigenvalue weighted by atomic mass is 10.3. The molecule has 0 saturated carbocycles. The summed E-state index contributed by atoms with van der Waals surface area (Å²) in [5, 5.41) is 0. The van der Waals surface area contributed by atoms with E-state index in [2.05, 4.69) is 26.8 Å². The molecule has 0 radical (unpaired) electrons. The maximum Gasteiger partial charge on any atom is 0.279 e. The van der Waals surface area contributed by atoms with E-state index in [1.165, 1.54) is 4.90 Å². The van der Waals surface area contributed by atoms with Crippen LogP contribution in [0, 0.1) is 0 Å². The van der Waals surface area contributed by atoms with Gasteiger partial charge in [0.2, 0.25) is 5.91 Å². The van der Waals surface area contributed by atoms with Crippen molar-refractivity contribution >= 4 is 33.7 Å². The predicted octanol–water partition coefficient (Wildman–Crippen LogP) is 0.986. The zero-order valence-electron chi connectivity index (χ0n) is 12.7. The fourth-order valence-electron chi connectivity index (χ4n) is 2.11. The molecule has 0 unspecified atom stereocenters. The first kappa shape index (κ1) is 17.3. The monoisotopic (exact) mass is 383 g/mol. The van der Waals surface area contributed by atoms with Gasteiger partial charge in [-0.2, -0.15) is 0 Å². The molecule has 2 N–H and O–H groups in total. The molecule has 2 rings (SSSR count). The van der Waals surface area contributed by atoms with Gasteiger partial charge in [-0.15, -0.1) is 0 Å². The molecule has 1 atom stereocenters. The number of halogens is 1. The summed E-state index contributed by atoms with van der Waals surface area (Å²) < 4.78 is 6.32. The maximum absolute atomic E-state index is 11.9. The minimum atomic E-state index is -0.780. The fourth-order valence-corrected chi connectivity index (χ4v) is 2.49. The number of likely N-dealkylation sites (tertiary alicyclic amines) is 1. The Hall–Kier alpha value is -2.09. The average Bonchev–Trinajstić information content (AvgIpc) is 2.90. The number of amides is 3. The lowest BCUT2D eigenvalue weighted by Crippen LogP contribution is -2.50. The van der Waals surface area contributed by atoms with Crippen LogP contribution in [0.15, 0.2) is 28.7 Å². The molecular formula is C15H18BrN3O4. The standard InChI is InChI=1S/C15H18BrN3O4/c1-10(23-12-5-2-4-11(16)8-12)15(22)18-17-13(20)9-19-7-3-6-14(19)21/h2,4-5,8,10H,3,6-7,9H2,1H3,(H,17,20)(H,18,22)/t10-/m0/s1. The molecule has 1 fully saturated rings. The van der Waals surface area contributed by atoms with Crippen molar-refractivity contribution in [1.29, 1.82) is 0 Å². The van der Waals surface area contributed by atoms with E-state index >= 15 is 0 Å². The van der Waals surface area contributed by atoms with E-state index in [9.17, 15) is 14.4 Å². The Bertz CT molecular complexity index is 608. The molecule has 3 amide bonds. The minimum Gasteiger partial charge on any atom is -0.481 e. The number of hydrogen-bond acceptors (Lipinski definition) is 4. The van der Waals surface area contributed by atoms with Gasteiger partial charge in [0.05, 0.1) is 0 Å². The number of carbonyl (C=O) groups is 3. The Balaban J connectivity index is 1.75. The van der Waals surface area contributed by atoms with Gasteiger partial charge in [0.25, 0.3) is 11.8 Å². The highest BCUT2D eigenvalue weighted by atomic mass is 79.9. The van der Waals surface area contributed by atoms with E-state index in [1.807, 2.05) is 6.07 Å². The van der Waals surface area contributed by atoms with Crippen LogP contribution in [-0.2, 0) is 14.4 Å². The number of rotatable bonds is 5. The molecule has 23 heavy (non-hydrogen) atoms. The highest BCUT2D eigenvalue weighted by Crippen LogP contribution is 2.18. The zero-order chi connectivity index (χ0) is 16.8. The Morgan fingerprint density at radius 3 is 2.83 bits per heavy atom. The second-order valence-corrected chi connectivity index (χ2v) is 6.09. The van der Waals surface area contributed by atoms with Crippen LogP contribution in [0.3, 0.4) is 0 Å². The lowest BCUT2D eigenvalue weighted by molar-refractivity contribution is -0.135. The maximum atomic E-state index is 11.9. The number of nitrogens with one attached hydrogen (secondary N) is 2. The van der Waals surface area contributed by atoms with Gasteiger partial charge in [0, 0.05) is 17.4 Å². The highest BCUT2D eigenvalue weighted by Gasteiger charge is 2.23. The second kappa shape index (κ2) is 7.96. The number of hydrazine groups is 1. The highest BCUT2D eigenvalue weighted by molar-refractivity contribution is 9.10. The smallest absolute Gasteiger partial charge is 0.279 e. The summed E-state index contributed by atoms with van der Waals surface area (Å²) in [5.74, 6) is -0.428. The van der Waals surface area contributed by atoms with Gasteiger partial charge in [-0.3, -0.25) is 25.2 Å². The molecule has 8 heteroatoms. The summed E-state index contributed by atoms with van der Waals surface area (Å²) in [6, 6.07) is 7.10. The van der Waals surface area contributed by atoms with Crippen molar-refractivity contribution in [3.63, 3.8) is 0 Å². The third-order valence-corrected chi connectivity index (χ3v) is 3.80. The van der Waals surface area contributed by atoms with E-state index in [4.69, 9.17) is 4.74 Å². The molecular weight excluding hydrogens is 366 g/mol. The van der Waals surface area contributed by atoms with E-state index in [0.717, 1.165) is 10.9 Å². The Morgan fingerprint density at radius 1 is 1.39 bits per heavy atom. The summed E-state index contributed by atoms with van der Waals surface area (Å²) in [7, 11) is 0. The lowest BCUT2D eigenvalue weighted by Gasteiger charge is -2.17. The Labute approximate surface area is 142 Å². The number of ether oxygens (including phenoxy) is 1. The second-order valence-electron chi connectivity index (χ2n) is 5.17. The van der Waals surface area contributed by atoms with Gasteiger partial charge in [0.1, 0.15) is 12.3 Å². The fraction of sp³-hybridized carbons (Fsp3) is 0.400. The first-order chi connectivity index (χ1) is 11.0. The van der Waals surface area contributed by atoms with Crippen LogP contribution in [0.1, 0.15) is 19.8 Å².